The molecule has 0 aliphatic carbocycles. The number of hydrogen-bond acceptors (Lipinski definition) is 4. The number of aromatic nitrogens is 1. The highest BCUT2D eigenvalue weighted by atomic mass is 35.5. The number of sulfonamides is 1. The minimum Gasteiger partial charge on any atom is -0.316 e. The van der Waals surface area contributed by atoms with Crippen LogP contribution in [0.15, 0.2) is 41.6 Å². The molecular formula is C14H16ClN3O2S. The molecule has 0 atom stereocenters. The first-order valence-electron chi connectivity index (χ1n) is 6.31. The van der Waals surface area contributed by atoms with Gasteiger partial charge in [0.05, 0.1) is 10.7 Å². The first-order chi connectivity index (χ1) is 9.92. The highest BCUT2D eigenvalue weighted by Gasteiger charge is 2.17. The number of pyridine rings is 1. The molecule has 1 heterocycles. The second kappa shape index (κ2) is 6.43. The van der Waals surface area contributed by atoms with Crippen LogP contribution in [0, 0.1) is 6.92 Å². The van der Waals surface area contributed by atoms with Gasteiger partial charge in [-0.15, -0.1) is 0 Å². The molecule has 0 bridgehead atoms. The van der Waals surface area contributed by atoms with Crippen LogP contribution >= 0.6 is 11.6 Å². The maximum Gasteiger partial charge on any atom is 0.279 e. The summed E-state index contributed by atoms with van der Waals surface area (Å²) in [6.45, 7) is 2.49. The van der Waals surface area contributed by atoms with Gasteiger partial charge in [0.15, 0.2) is 5.03 Å². The van der Waals surface area contributed by atoms with Gasteiger partial charge in [-0.25, -0.2) is 4.98 Å². The van der Waals surface area contributed by atoms with Crippen molar-refractivity contribution in [2.45, 2.75) is 18.5 Å². The summed E-state index contributed by atoms with van der Waals surface area (Å²) < 4.78 is 27.0. The Hall–Kier alpha value is -1.63. The summed E-state index contributed by atoms with van der Waals surface area (Å²) in [5.74, 6) is 0. The molecule has 1 aromatic heterocycles. The molecule has 1 aromatic carbocycles. The number of halogens is 1. The van der Waals surface area contributed by atoms with Gasteiger partial charge in [0, 0.05) is 12.7 Å². The van der Waals surface area contributed by atoms with Crippen molar-refractivity contribution in [1.29, 1.82) is 0 Å². The van der Waals surface area contributed by atoms with Crippen LogP contribution in [0.4, 0.5) is 5.69 Å². The van der Waals surface area contributed by atoms with Crippen molar-refractivity contribution in [3.05, 3.63) is 52.7 Å². The fourth-order valence-electron chi connectivity index (χ4n) is 1.79. The summed E-state index contributed by atoms with van der Waals surface area (Å²) in [6, 6.07) is 8.33. The second-order valence-electron chi connectivity index (χ2n) is 4.62. The molecule has 2 N–H and O–H groups in total. The average Bonchev–Trinajstić information content (AvgIpc) is 2.44. The lowest BCUT2D eigenvalue weighted by molar-refractivity contribution is 0.597. The fraction of sp³-hybridized carbons (Fsp3) is 0.214. The summed E-state index contributed by atoms with van der Waals surface area (Å²) in [6.07, 6.45) is 1.53. The molecule has 0 spiro atoms. The van der Waals surface area contributed by atoms with Crippen molar-refractivity contribution in [3.8, 4) is 0 Å². The maximum atomic E-state index is 12.3. The van der Waals surface area contributed by atoms with Crippen molar-refractivity contribution in [1.82, 2.24) is 10.3 Å². The van der Waals surface area contributed by atoms with Gasteiger partial charge in [-0.1, -0.05) is 23.7 Å². The Morgan fingerprint density at radius 3 is 2.62 bits per heavy atom. The Morgan fingerprint density at radius 1 is 1.24 bits per heavy atom. The number of aryl methyl sites for hydroxylation is 1. The number of nitrogens with zero attached hydrogens (tertiary/aromatic N) is 1. The van der Waals surface area contributed by atoms with Gasteiger partial charge in [-0.3, -0.25) is 4.72 Å². The highest BCUT2D eigenvalue weighted by Crippen LogP contribution is 2.25. The maximum absolute atomic E-state index is 12.3. The molecular weight excluding hydrogens is 310 g/mol. The normalized spacial score (nSPS) is 11.4. The van der Waals surface area contributed by atoms with Crippen LogP contribution in [-0.4, -0.2) is 20.4 Å². The van der Waals surface area contributed by atoms with Crippen molar-refractivity contribution in [3.63, 3.8) is 0 Å². The van der Waals surface area contributed by atoms with Crippen LogP contribution in [0.3, 0.4) is 0 Å². The van der Waals surface area contributed by atoms with E-state index in [1.165, 1.54) is 12.3 Å². The van der Waals surface area contributed by atoms with E-state index in [2.05, 4.69) is 15.0 Å². The van der Waals surface area contributed by atoms with E-state index in [0.717, 1.165) is 11.1 Å². The van der Waals surface area contributed by atoms with Crippen molar-refractivity contribution in [2.75, 3.05) is 11.8 Å². The number of benzene rings is 1. The zero-order chi connectivity index (χ0) is 15.5. The third kappa shape index (κ3) is 3.93. The van der Waals surface area contributed by atoms with Crippen molar-refractivity contribution < 1.29 is 8.42 Å². The minimum atomic E-state index is -3.75. The quantitative estimate of drug-likeness (QED) is 0.886. The Morgan fingerprint density at radius 2 is 2.00 bits per heavy atom. The SMILES string of the molecule is CNCc1ccc(S(=O)(=O)Nc2cc(C)ccc2Cl)nc1. The predicted octanol–water partition coefficient (Wildman–Crippen LogP) is 2.56. The van der Waals surface area contributed by atoms with E-state index in [1.54, 1.807) is 18.2 Å². The molecule has 2 aromatic rings. The molecule has 0 fully saturated rings. The lowest BCUT2D eigenvalue weighted by Crippen LogP contribution is -2.15. The Labute approximate surface area is 129 Å². The molecule has 0 radical (unpaired) electrons. The second-order valence-corrected chi connectivity index (χ2v) is 6.66. The lowest BCUT2D eigenvalue weighted by atomic mass is 10.2. The largest absolute Gasteiger partial charge is 0.316 e. The third-order valence-electron chi connectivity index (χ3n) is 2.82. The summed E-state index contributed by atoms with van der Waals surface area (Å²) in [4.78, 5) is 3.98. The van der Waals surface area contributed by atoms with Gasteiger partial charge < -0.3 is 5.32 Å². The molecule has 0 unspecified atom stereocenters. The third-order valence-corrected chi connectivity index (χ3v) is 4.43. The molecule has 0 amide bonds. The highest BCUT2D eigenvalue weighted by molar-refractivity contribution is 7.92. The molecule has 7 heteroatoms. The van der Waals surface area contributed by atoms with Gasteiger partial charge in [0.1, 0.15) is 0 Å². The number of anilines is 1. The van der Waals surface area contributed by atoms with E-state index in [4.69, 9.17) is 11.6 Å². The van der Waals surface area contributed by atoms with Gasteiger partial charge in [-0.05, 0) is 43.3 Å². The number of hydrogen-bond donors (Lipinski definition) is 2. The topological polar surface area (TPSA) is 71.1 Å². The van der Waals surface area contributed by atoms with Crippen LogP contribution in [0.1, 0.15) is 11.1 Å². The monoisotopic (exact) mass is 325 g/mol. The first-order valence-corrected chi connectivity index (χ1v) is 8.17. The van der Waals surface area contributed by atoms with Crippen molar-refractivity contribution >= 4 is 27.3 Å². The van der Waals surface area contributed by atoms with E-state index in [1.807, 2.05) is 20.0 Å². The fourth-order valence-corrected chi connectivity index (χ4v) is 3.02. The van der Waals surface area contributed by atoms with Crippen LogP contribution < -0.4 is 10.0 Å². The summed E-state index contributed by atoms with van der Waals surface area (Å²) in [5.41, 5.74) is 2.16. The summed E-state index contributed by atoms with van der Waals surface area (Å²) in [5, 5.41) is 3.27. The van der Waals surface area contributed by atoms with Gasteiger partial charge in [0.25, 0.3) is 10.0 Å². The van der Waals surface area contributed by atoms with Crippen LogP contribution in [0.25, 0.3) is 0 Å². The zero-order valence-electron chi connectivity index (χ0n) is 11.7. The molecule has 0 aliphatic rings. The smallest absolute Gasteiger partial charge is 0.279 e. The molecule has 0 saturated heterocycles. The van der Waals surface area contributed by atoms with Crippen LogP contribution in [0.2, 0.25) is 5.02 Å². The average molecular weight is 326 g/mol. The summed E-state index contributed by atoms with van der Waals surface area (Å²) in [7, 11) is -1.94. The van der Waals surface area contributed by atoms with Gasteiger partial charge in [-0.2, -0.15) is 8.42 Å². The molecule has 21 heavy (non-hydrogen) atoms. The summed E-state index contributed by atoms with van der Waals surface area (Å²) >= 11 is 6.00. The van der Waals surface area contributed by atoms with Gasteiger partial charge in [0.2, 0.25) is 0 Å². The molecule has 112 valence electrons. The molecule has 2 rings (SSSR count). The zero-order valence-corrected chi connectivity index (χ0v) is 13.3. The van der Waals surface area contributed by atoms with Crippen LogP contribution in [0.5, 0.6) is 0 Å². The molecule has 0 saturated carbocycles. The van der Waals surface area contributed by atoms with Crippen molar-refractivity contribution in [2.24, 2.45) is 0 Å². The number of nitrogens with one attached hydrogen (secondary N) is 2. The van der Waals surface area contributed by atoms with Crippen LogP contribution in [-0.2, 0) is 16.6 Å². The van der Waals surface area contributed by atoms with Gasteiger partial charge >= 0.3 is 0 Å². The molecule has 0 aliphatic heterocycles. The van der Waals surface area contributed by atoms with E-state index < -0.39 is 10.0 Å². The Kier molecular flexibility index (Phi) is 4.82. The number of rotatable bonds is 5. The Bertz CT molecular complexity index is 730. The van der Waals surface area contributed by atoms with E-state index in [9.17, 15) is 8.42 Å². The van der Waals surface area contributed by atoms with E-state index in [-0.39, 0.29) is 5.03 Å². The molecule has 5 nitrogen and oxygen atoms in total. The minimum absolute atomic E-state index is 0.0417. The standard InChI is InChI=1S/C14H16ClN3O2S/c1-10-3-5-12(15)13(7-10)18-21(19,20)14-6-4-11(8-16-2)9-17-14/h3-7,9,16,18H,8H2,1-2H3. The van der Waals surface area contributed by atoms with E-state index in [0.29, 0.717) is 17.3 Å². The first kappa shape index (κ1) is 15.8. The Balaban J connectivity index is 2.27. The van der Waals surface area contributed by atoms with E-state index >= 15 is 0 Å². The predicted molar refractivity (Wildman–Crippen MR) is 84.0 cm³/mol. The lowest BCUT2D eigenvalue weighted by Gasteiger charge is -2.10.